The Balaban J connectivity index is 1.12. The fraction of sp³-hybridized carbons (Fsp3) is 0.444. The number of carbonyl (C=O) groups is 3. The number of anilines is 1. The Kier molecular flexibility index (Phi) is 7.21. The van der Waals surface area contributed by atoms with Crippen molar-refractivity contribution in [1.29, 1.82) is 0 Å². The minimum atomic E-state index is -4.67. The Morgan fingerprint density at radius 3 is 2.36 bits per heavy atom. The van der Waals surface area contributed by atoms with E-state index < -0.39 is 17.8 Å². The van der Waals surface area contributed by atoms with Crippen molar-refractivity contribution in [2.45, 2.75) is 37.5 Å². The van der Waals surface area contributed by atoms with E-state index in [1.807, 2.05) is 0 Å². The lowest BCUT2D eigenvalue weighted by molar-refractivity contribution is -0.141. The van der Waals surface area contributed by atoms with E-state index in [1.54, 1.807) is 9.80 Å². The standard InChI is InChI=1S/C27H28ClF3N8O3/c1-36-21(18-14-39(16-3-4-16)35-22(18)27(29,30)31)13-33-23(36)24(40)34-15-2-5-17(19(28)12-15)25(41)37-8-10-38(11-9-37)26(42)20-6-7-32-20/h2,5,12-14,16,20,32H,3-4,6-11H2,1H3,(H,34,40)/t20-/m1/s1. The van der Waals surface area contributed by atoms with Gasteiger partial charge in [0.2, 0.25) is 5.91 Å². The lowest BCUT2D eigenvalue weighted by Gasteiger charge is -2.38. The molecular formula is C27H28ClF3N8O3. The number of rotatable bonds is 6. The highest BCUT2D eigenvalue weighted by molar-refractivity contribution is 6.34. The Morgan fingerprint density at radius 1 is 1.07 bits per heavy atom. The molecule has 3 aliphatic rings. The molecule has 15 heteroatoms. The Bertz CT molecular complexity index is 1550. The highest BCUT2D eigenvalue weighted by atomic mass is 35.5. The fourth-order valence-corrected chi connectivity index (χ4v) is 5.42. The van der Waals surface area contributed by atoms with Gasteiger partial charge in [-0.2, -0.15) is 18.3 Å². The number of benzene rings is 1. The number of alkyl halides is 3. The molecule has 222 valence electrons. The summed E-state index contributed by atoms with van der Waals surface area (Å²) in [6.45, 7) is 2.46. The molecule has 0 bridgehead atoms. The van der Waals surface area contributed by atoms with Crippen molar-refractivity contribution in [2.75, 3.05) is 38.0 Å². The molecular weight excluding hydrogens is 577 g/mol. The first kappa shape index (κ1) is 28.2. The monoisotopic (exact) mass is 604 g/mol. The van der Waals surface area contributed by atoms with Gasteiger partial charge in [0, 0.05) is 45.1 Å². The molecule has 11 nitrogen and oxygen atoms in total. The van der Waals surface area contributed by atoms with Crippen LogP contribution in [0.15, 0.2) is 30.6 Å². The second-order valence-electron chi connectivity index (χ2n) is 10.7. The van der Waals surface area contributed by atoms with Gasteiger partial charge < -0.3 is 25.0 Å². The topological polar surface area (TPSA) is 117 Å². The van der Waals surface area contributed by atoms with Crippen LogP contribution >= 0.6 is 11.6 Å². The number of piperazine rings is 1. The van der Waals surface area contributed by atoms with Gasteiger partial charge in [-0.25, -0.2) is 4.98 Å². The largest absolute Gasteiger partial charge is 0.435 e. The van der Waals surface area contributed by atoms with E-state index in [2.05, 4.69) is 20.7 Å². The molecule has 1 atom stereocenters. The smallest absolute Gasteiger partial charge is 0.338 e. The molecule has 2 aromatic heterocycles. The summed E-state index contributed by atoms with van der Waals surface area (Å²) in [5, 5.41) is 9.62. The van der Waals surface area contributed by atoms with E-state index in [4.69, 9.17) is 11.6 Å². The molecule has 4 heterocycles. The van der Waals surface area contributed by atoms with Crippen molar-refractivity contribution in [3.8, 4) is 11.3 Å². The zero-order chi connectivity index (χ0) is 29.8. The summed E-state index contributed by atoms with van der Waals surface area (Å²) < 4.78 is 43.7. The van der Waals surface area contributed by atoms with Gasteiger partial charge in [-0.05, 0) is 44.0 Å². The van der Waals surface area contributed by atoms with Crippen LogP contribution in [0, 0.1) is 0 Å². The van der Waals surface area contributed by atoms with Gasteiger partial charge in [-0.1, -0.05) is 11.6 Å². The minimum absolute atomic E-state index is 0.0560. The summed E-state index contributed by atoms with van der Waals surface area (Å²) in [4.78, 5) is 46.0. The molecule has 0 unspecified atom stereocenters. The maximum Gasteiger partial charge on any atom is 0.435 e. The average molecular weight is 605 g/mol. The van der Waals surface area contributed by atoms with Crippen molar-refractivity contribution in [3.05, 3.63) is 52.7 Å². The van der Waals surface area contributed by atoms with Gasteiger partial charge in [0.1, 0.15) is 0 Å². The van der Waals surface area contributed by atoms with Crippen LogP contribution in [0.5, 0.6) is 0 Å². The van der Waals surface area contributed by atoms with E-state index in [0.29, 0.717) is 26.2 Å². The number of carbonyl (C=O) groups excluding carboxylic acids is 3. The van der Waals surface area contributed by atoms with Crippen LogP contribution in [0.3, 0.4) is 0 Å². The third-order valence-corrected chi connectivity index (χ3v) is 8.16. The molecule has 6 rings (SSSR count). The number of nitrogens with one attached hydrogen (secondary N) is 2. The van der Waals surface area contributed by atoms with Gasteiger partial charge in [-0.3, -0.25) is 19.1 Å². The molecule has 3 fully saturated rings. The Labute approximate surface area is 243 Å². The number of imidazole rings is 1. The van der Waals surface area contributed by atoms with E-state index in [-0.39, 0.29) is 57.3 Å². The maximum absolute atomic E-state index is 13.7. The molecule has 2 N–H and O–H groups in total. The van der Waals surface area contributed by atoms with Gasteiger partial charge in [0.15, 0.2) is 11.5 Å². The molecule has 2 aliphatic heterocycles. The highest BCUT2D eigenvalue weighted by Gasteiger charge is 2.40. The van der Waals surface area contributed by atoms with E-state index in [9.17, 15) is 27.6 Å². The first-order valence-corrected chi connectivity index (χ1v) is 14.0. The van der Waals surface area contributed by atoms with Crippen molar-refractivity contribution >= 4 is 35.0 Å². The fourth-order valence-electron chi connectivity index (χ4n) is 5.16. The van der Waals surface area contributed by atoms with Gasteiger partial charge in [0.25, 0.3) is 11.8 Å². The molecule has 3 aromatic rings. The number of aromatic nitrogens is 4. The highest BCUT2D eigenvalue weighted by Crippen LogP contribution is 2.41. The first-order valence-electron chi connectivity index (χ1n) is 13.6. The number of hydrogen-bond donors (Lipinski definition) is 2. The second kappa shape index (κ2) is 10.7. The maximum atomic E-state index is 13.7. The molecule has 0 radical (unpaired) electrons. The van der Waals surface area contributed by atoms with E-state index in [1.165, 1.54) is 46.9 Å². The number of hydrogen-bond acceptors (Lipinski definition) is 6. The van der Waals surface area contributed by atoms with Crippen LogP contribution in [0.25, 0.3) is 11.3 Å². The third kappa shape index (κ3) is 5.36. The van der Waals surface area contributed by atoms with Crippen LogP contribution in [-0.4, -0.2) is 85.6 Å². The summed E-state index contributed by atoms with van der Waals surface area (Å²) in [6.07, 6.45) is 0.237. The zero-order valence-corrected chi connectivity index (χ0v) is 23.4. The van der Waals surface area contributed by atoms with E-state index in [0.717, 1.165) is 25.8 Å². The number of amides is 3. The quantitative estimate of drug-likeness (QED) is 0.446. The van der Waals surface area contributed by atoms with Gasteiger partial charge >= 0.3 is 6.18 Å². The van der Waals surface area contributed by atoms with Crippen molar-refractivity contribution in [1.82, 2.24) is 34.4 Å². The van der Waals surface area contributed by atoms with Gasteiger partial charge in [0.05, 0.1) is 40.1 Å². The minimum Gasteiger partial charge on any atom is -0.338 e. The second-order valence-corrected chi connectivity index (χ2v) is 11.1. The van der Waals surface area contributed by atoms with Crippen LogP contribution < -0.4 is 10.6 Å². The number of halogens is 4. The van der Waals surface area contributed by atoms with Gasteiger partial charge in [-0.15, -0.1) is 0 Å². The lowest BCUT2D eigenvalue weighted by atomic mass is 10.1. The first-order chi connectivity index (χ1) is 20.0. The van der Waals surface area contributed by atoms with Crippen molar-refractivity contribution in [2.24, 2.45) is 7.05 Å². The summed E-state index contributed by atoms with van der Waals surface area (Å²) >= 11 is 6.42. The van der Waals surface area contributed by atoms with Crippen molar-refractivity contribution in [3.63, 3.8) is 0 Å². The summed E-state index contributed by atoms with van der Waals surface area (Å²) in [5.74, 6) is -1.00. The average Bonchev–Trinajstić information content (AvgIpc) is 3.55. The van der Waals surface area contributed by atoms with Crippen LogP contribution in [0.4, 0.5) is 18.9 Å². The predicted octanol–water partition coefficient (Wildman–Crippen LogP) is 3.19. The molecule has 0 spiro atoms. The number of nitrogens with zero attached hydrogens (tertiary/aromatic N) is 6. The van der Waals surface area contributed by atoms with Crippen LogP contribution in [0.1, 0.15) is 52.0 Å². The van der Waals surface area contributed by atoms with Crippen LogP contribution in [-0.2, 0) is 18.0 Å². The SMILES string of the molecule is Cn1c(-c2cn(C3CC3)nc2C(F)(F)F)cnc1C(=O)Nc1ccc(C(=O)N2CCN(C(=O)[C@H]3CCN3)CC2)c(Cl)c1. The van der Waals surface area contributed by atoms with Crippen LogP contribution in [0.2, 0.25) is 5.02 Å². The molecule has 1 saturated carbocycles. The molecule has 1 aromatic carbocycles. The Hall–Kier alpha value is -3.91. The summed E-state index contributed by atoms with van der Waals surface area (Å²) in [7, 11) is 1.46. The normalized spacial score (nSPS) is 19.0. The van der Waals surface area contributed by atoms with E-state index >= 15 is 0 Å². The molecule has 3 amide bonds. The molecule has 42 heavy (non-hydrogen) atoms. The molecule has 1 aliphatic carbocycles. The summed E-state index contributed by atoms with van der Waals surface area (Å²) in [5.41, 5.74) is -0.545. The Morgan fingerprint density at radius 2 is 1.76 bits per heavy atom. The predicted molar refractivity (Wildman–Crippen MR) is 146 cm³/mol. The lowest BCUT2D eigenvalue weighted by Crippen LogP contribution is -2.58. The molecule has 2 saturated heterocycles. The summed E-state index contributed by atoms with van der Waals surface area (Å²) in [6, 6.07) is 4.26. The van der Waals surface area contributed by atoms with Crippen molar-refractivity contribution < 1.29 is 27.6 Å². The third-order valence-electron chi connectivity index (χ3n) is 7.85. The zero-order valence-electron chi connectivity index (χ0n) is 22.6.